The molecule has 2 aromatic rings. The summed E-state index contributed by atoms with van der Waals surface area (Å²) in [7, 11) is 3.06. The molecule has 0 aliphatic carbocycles. The normalized spacial score (nSPS) is 11.9. The summed E-state index contributed by atoms with van der Waals surface area (Å²) in [4.78, 5) is 25.0. The van der Waals surface area contributed by atoms with E-state index < -0.39 is 11.9 Å². The van der Waals surface area contributed by atoms with Crippen molar-refractivity contribution in [1.29, 1.82) is 0 Å². The molecule has 29 heavy (non-hydrogen) atoms. The first-order valence-corrected chi connectivity index (χ1v) is 9.35. The molecule has 0 bridgehead atoms. The SMILES string of the molecule is COc1cccc(/C=N\NC(=O)C(NC(=O)c2ccc(Cl)cc2)C(C)C)c1OC. The van der Waals surface area contributed by atoms with E-state index in [-0.39, 0.29) is 11.8 Å². The lowest BCUT2D eigenvalue weighted by Crippen LogP contribution is -2.48. The van der Waals surface area contributed by atoms with Gasteiger partial charge in [0.2, 0.25) is 0 Å². The highest BCUT2D eigenvalue weighted by Gasteiger charge is 2.24. The van der Waals surface area contributed by atoms with Gasteiger partial charge in [-0.25, -0.2) is 5.43 Å². The number of amides is 2. The third-order valence-electron chi connectivity index (χ3n) is 4.15. The molecule has 0 spiro atoms. The third kappa shape index (κ3) is 5.96. The highest BCUT2D eigenvalue weighted by atomic mass is 35.5. The van der Waals surface area contributed by atoms with Gasteiger partial charge in [-0.15, -0.1) is 0 Å². The Balaban J connectivity index is 2.07. The lowest BCUT2D eigenvalue weighted by molar-refractivity contribution is -0.123. The Bertz CT molecular complexity index is 882. The van der Waals surface area contributed by atoms with E-state index >= 15 is 0 Å². The quantitative estimate of drug-likeness (QED) is 0.509. The zero-order valence-electron chi connectivity index (χ0n) is 16.7. The number of para-hydroxylation sites is 1. The summed E-state index contributed by atoms with van der Waals surface area (Å²) in [6, 6.07) is 11.0. The number of rotatable bonds is 8. The second-order valence-electron chi connectivity index (χ2n) is 6.52. The van der Waals surface area contributed by atoms with Gasteiger partial charge in [0.05, 0.1) is 20.4 Å². The summed E-state index contributed by atoms with van der Waals surface area (Å²) in [6.07, 6.45) is 1.46. The summed E-state index contributed by atoms with van der Waals surface area (Å²) < 4.78 is 10.6. The lowest BCUT2D eigenvalue weighted by atomic mass is 10.0. The standard InChI is InChI=1S/C21H24ClN3O4/c1-13(2)18(24-20(26)14-8-10-16(22)11-9-14)21(27)25-23-12-15-6-5-7-17(28-3)19(15)29-4/h5-13,18H,1-4H3,(H,24,26)(H,25,27)/b23-12-. The molecule has 2 rings (SSSR count). The lowest BCUT2D eigenvalue weighted by Gasteiger charge is -2.20. The molecule has 0 aliphatic heterocycles. The fourth-order valence-electron chi connectivity index (χ4n) is 2.61. The van der Waals surface area contributed by atoms with Crippen LogP contribution in [0.1, 0.15) is 29.8 Å². The predicted octanol–water partition coefficient (Wildman–Crippen LogP) is 3.26. The fraction of sp³-hybridized carbons (Fsp3) is 0.286. The van der Waals surface area contributed by atoms with Crippen molar-refractivity contribution >= 4 is 29.6 Å². The molecule has 154 valence electrons. The molecular weight excluding hydrogens is 394 g/mol. The summed E-state index contributed by atoms with van der Waals surface area (Å²) in [5.74, 6) is 0.115. The van der Waals surface area contributed by atoms with Crippen LogP contribution in [-0.2, 0) is 4.79 Å². The van der Waals surface area contributed by atoms with E-state index in [1.807, 2.05) is 13.8 Å². The number of methoxy groups -OCH3 is 2. The number of hydrogen-bond acceptors (Lipinski definition) is 5. The molecule has 0 heterocycles. The van der Waals surface area contributed by atoms with Gasteiger partial charge in [0.1, 0.15) is 6.04 Å². The molecule has 2 aromatic carbocycles. The van der Waals surface area contributed by atoms with Crippen LogP contribution in [0.5, 0.6) is 11.5 Å². The largest absolute Gasteiger partial charge is 0.493 e. The van der Waals surface area contributed by atoms with Crippen LogP contribution in [0.3, 0.4) is 0 Å². The van der Waals surface area contributed by atoms with Crippen molar-refractivity contribution in [3.05, 3.63) is 58.6 Å². The molecule has 0 radical (unpaired) electrons. The van der Waals surface area contributed by atoms with Gasteiger partial charge in [-0.05, 0) is 42.3 Å². The topological polar surface area (TPSA) is 89.0 Å². The first-order valence-electron chi connectivity index (χ1n) is 8.97. The number of nitrogens with zero attached hydrogens (tertiary/aromatic N) is 1. The van der Waals surface area contributed by atoms with E-state index in [1.54, 1.807) is 42.5 Å². The summed E-state index contributed by atoms with van der Waals surface area (Å²) in [5.41, 5.74) is 3.52. The monoisotopic (exact) mass is 417 g/mol. The van der Waals surface area contributed by atoms with Crippen LogP contribution in [-0.4, -0.2) is 38.3 Å². The van der Waals surface area contributed by atoms with Crippen molar-refractivity contribution in [3.8, 4) is 11.5 Å². The van der Waals surface area contributed by atoms with E-state index in [0.29, 0.717) is 27.6 Å². The zero-order chi connectivity index (χ0) is 21.4. The molecule has 7 nitrogen and oxygen atoms in total. The molecule has 2 N–H and O–H groups in total. The highest BCUT2D eigenvalue weighted by Crippen LogP contribution is 2.29. The van der Waals surface area contributed by atoms with Crippen molar-refractivity contribution in [1.82, 2.24) is 10.7 Å². The molecule has 0 saturated carbocycles. The van der Waals surface area contributed by atoms with Crippen molar-refractivity contribution < 1.29 is 19.1 Å². The Labute approximate surface area is 175 Å². The molecule has 0 fully saturated rings. The molecule has 1 unspecified atom stereocenters. The molecule has 2 amide bonds. The van der Waals surface area contributed by atoms with Gasteiger partial charge in [-0.1, -0.05) is 31.5 Å². The minimum Gasteiger partial charge on any atom is -0.493 e. The Kier molecular flexibility index (Phi) is 8.03. The highest BCUT2D eigenvalue weighted by molar-refractivity contribution is 6.30. The van der Waals surface area contributed by atoms with Gasteiger partial charge < -0.3 is 14.8 Å². The molecule has 1 atom stereocenters. The van der Waals surface area contributed by atoms with Gasteiger partial charge in [0, 0.05) is 16.1 Å². The first kappa shape index (κ1) is 22.2. The average Bonchev–Trinajstić information content (AvgIpc) is 2.71. The number of carbonyl (C=O) groups excluding carboxylic acids is 2. The number of carbonyl (C=O) groups is 2. The predicted molar refractivity (Wildman–Crippen MR) is 113 cm³/mol. The Morgan fingerprint density at radius 3 is 2.34 bits per heavy atom. The van der Waals surface area contributed by atoms with E-state index in [4.69, 9.17) is 21.1 Å². The number of halogens is 1. The van der Waals surface area contributed by atoms with Crippen LogP contribution >= 0.6 is 11.6 Å². The first-order chi connectivity index (χ1) is 13.9. The van der Waals surface area contributed by atoms with E-state index in [9.17, 15) is 9.59 Å². The maximum absolute atomic E-state index is 12.6. The van der Waals surface area contributed by atoms with E-state index in [0.717, 1.165) is 0 Å². The van der Waals surface area contributed by atoms with Gasteiger partial charge in [0.15, 0.2) is 11.5 Å². The Hall–Kier alpha value is -3.06. The van der Waals surface area contributed by atoms with Crippen LogP contribution in [0, 0.1) is 5.92 Å². The Morgan fingerprint density at radius 2 is 1.76 bits per heavy atom. The molecular formula is C21H24ClN3O4. The van der Waals surface area contributed by atoms with Crippen LogP contribution in [0.25, 0.3) is 0 Å². The van der Waals surface area contributed by atoms with E-state index in [2.05, 4.69) is 15.8 Å². The van der Waals surface area contributed by atoms with Crippen LogP contribution in [0.15, 0.2) is 47.6 Å². The maximum atomic E-state index is 12.6. The van der Waals surface area contributed by atoms with Gasteiger partial charge in [-0.2, -0.15) is 5.10 Å². The number of ether oxygens (including phenoxy) is 2. The van der Waals surface area contributed by atoms with Gasteiger partial charge in [-0.3, -0.25) is 9.59 Å². The van der Waals surface area contributed by atoms with E-state index in [1.165, 1.54) is 20.4 Å². The number of hydrogen-bond donors (Lipinski definition) is 2. The number of benzene rings is 2. The smallest absolute Gasteiger partial charge is 0.262 e. The third-order valence-corrected chi connectivity index (χ3v) is 4.41. The van der Waals surface area contributed by atoms with Crippen LogP contribution in [0.4, 0.5) is 0 Å². The minimum atomic E-state index is -0.762. The van der Waals surface area contributed by atoms with Crippen LogP contribution < -0.4 is 20.2 Å². The average molecular weight is 418 g/mol. The molecule has 0 aromatic heterocycles. The maximum Gasteiger partial charge on any atom is 0.262 e. The van der Waals surface area contributed by atoms with Gasteiger partial charge in [0.25, 0.3) is 11.8 Å². The fourth-order valence-corrected chi connectivity index (χ4v) is 2.74. The van der Waals surface area contributed by atoms with Gasteiger partial charge >= 0.3 is 0 Å². The summed E-state index contributed by atoms with van der Waals surface area (Å²) in [5, 5.41) is 7.25. The van der Waals surface area contributed by atoms with Crippen molar-refractivity contribution in [2.45, 2.75) is 19.9 Å². The summed E-state index contributed by atoms with van der Waals surface area (Å²) in [6.45, 7) is 3.67. The number of nitrogens with one attached hydrogen (secondary N) is 2. The number of hydrazone groups is 1. The minimum absolute atomic E-state index is 0.146. The molecule has 0 saturated heterocycles. The van der Waals surface area contributed by atoms with Crippen molar-refractivity contribution in [2.75, 3.05) is 14.2 Å². The van der Waals surface area contributed by atoms with Crippen molar-refractivity contribution in [2.24, 2.45) is 11.0 Å². The van der Waals surface area contributed by atoms with Crippen LogP contribution in [0.2, 0.25) is 5.02 Å². The molecule has 8 heteroatoms. The second-order valence-corrected chi connectivity index (χ2v) is 6.96. The zero-order valence-corrected chi connectivity index (χ0v) is 17.5. The van der Waals surface area contributed by atoms with Crippen molar-refractivity contribution in [3.63, 3.8) is 0 Å². The molecule has 0 aliphatic rings. The summed E-state index contributed by atoms with van der Waals surface area (Å²) >= 11 is 5.84. The Morgan fingerprint density at radius 1 is 1.07 bits per heavy atom. The second kappa shape index (κ2) is 10.5.